The number of nitrogens with one attached hydrogen (secondary N) is 1. The van der Waals surface area contributed by atoms with Crippen molar-refractivity contribution in [2.24, 2.45) is 0 Å². The Hall–Kier alpha value is -1.06. The summed E-state index contributed by atoms with van der Waals surface area (Å²) in [5, 5.41) is 3.50. The van der Waals surface area contributed by atoms with Crippen molar-refractivity contribution in [3.63, 3.8) is 0 Å². The number of rotatable bonds is 5. The Morgan fingerprint density at radius 3 is 2.94 bits per heavy atom. The molecule has 1 heterocycles. The van der Waals surface area contributed by atoms with Crippen molar-refractivity contribution in [1.29, 1.82) is 0 Å². The van der Waals surface area contributed by atoms with Gasteiger partial charge in [-0.2, -0.15) is 0 Å². The molecule has 2 rings (SSSR count). The topological polar surface area (TPSA) is 30.5 Å². The van der Waals surface area contributed by atoms with Gasteiger partial charge in [0.05, 0.1) is 0 Å². The van der Waals surface area contributed by atoms with E-state index in [9.17, 15) is 0 Å². The maximum absolute atomic E-state index is 5.68. The third-order valence-electron chi connectivity index (χ3n) is 3.01. The molecule has 3 nitrogen and oxygen atoms in total. The lowest BCUT2D eigenvalue weighted by molar-refractivity contribution is 0.0770. The Kier molecular flexibility index (Phi) is 4.83. The molecule has 0 aliphatic carbocycles. The van der Waals surface area contributed by atoms with Crippen LogP contribution in [-0.4, -0.2) is 32.4 Å². The van der Waals surface area contributed by atoms with Crippen molar-refractivity contribution in [1.82, 2.24) is 5.32 Å². The molecule has 0 unspecified atom stereocenters. The summed E-state index contributed by atoms with van der Waals surface area (Å²) in [5.41, 5.74) is 1.24. The minimum Gasteiger partial charge on any atom is -0.492 e. The van der Waals surface area contributed by atoms with E-state index in [2.05, 4.69) is 24.4 Å². The summed E-state index contributed by atoms with van der Waals surface area (Å²) in [4.78, 5) is 0. The third-order valence-corrected chi connectivity index (χ3v) is 3.01. The summed E-state index contributed by atoms with van der Waals surface area (Å²) in [6.07, 6.45) is 2.23. The average molecular weight is 235 g/mol. The predicted molar refractivity (Wildman–Crippen MR) is 68.5 cm³/mol. The van der Waals surface area contributed by atoms with Crippen LogP contribution in [0.2, 0.25) is 0 Å². The van der Waals surface area contributed by atoms with E-state index in [1.54, 1.807) is 0 Å². The van der Waals surface area contributed by atoms with Gasteiger partial charge < -0.3 is 14.8 Å². The number of hydrogen-bond donors (Lipinski definition) is 1. The molecule has 1 saturated heterocycles. The molecule has 0 spiro atoms. The lowest BCUT2D eigenvalue weighted by atomic mass is 10.1. The fourth-order valence-corrected chi connectivity index (χ4v) is 2.04. The summed E-state index contributed by atoms with van der Waals surface area (Å²) < 4.78 is 11.0. The van der Waals surface area contributed by atoms with Crippen LogP contribution in [0, 0.1) is 6.92 Å². The van der Waals surface area contributed by atoms with E-state index in [1.165, 1.54) is 5.56 Å². The highest BCUT2D eigenvalue weighted by molar-refractivity contribution is 5.27. The van der Waals surface area contributed by atoms with E-state index >= 15 is 0 Å². The normalized spacial score (nSPS) is 17.0. The Morgan fingerprint density at radius 1 is 1.35 bits per heavy atom. The monoisotopic (exact) mass is 235 g/mol. The van der Waals surface area contributed by atoms with Crippen LogP contribution in [0.15, 0.2) is 24.3 Å². The molecule has 0 aromatic heterocycles. The van der Waals surface area contributed by atoms with Crippen LogP contribution < -0.4 is 10.1 Å². The summed E-state index contributed by atoms with van der Waals surface area (Å²) >= 11 is 0. The standard InChI is InChI=1S/C14H21NO2/c1-12-3-2-4-14(11-12)17-10-7-15-13-5-8-16-9-6-13/h2-4,11,13,15H,5-10H2,1H3. The van der Waals surface area contributed by atoms with Crippen LogP contribution in [0.25, 0.3) is 0 Å². The third kappa shape index (κ3) is 4.36. The van der Waals surface area contributed by atoms with Gasteiger partial charge in [0.15, 0.2) is 0 Å². The molecule has 0 bridgehead atoms. The molecule has 1 aromatic carbocycles. The van der Waals surface area contributed by atoms with Crippen LogP contribution in [0.4, 0.5) is 0 Å². The highest BCUT2D eigenvalue weighted by Crippen LogP contribution is 2.12. The molecular weight excluding hydrogens is 214 g/mol. The van der Waals surface area contributed by atoms with E-state index in [-0.39, 0.29) is 0 Å². The van der Waals surface area contributed by atoms with Crippen molar-refractivity contribution in [3.05, 3.63) is 29.8 Å². The van der Waals surface area contributed by atoms with Crippen molar-refractivity contribution in [2.45, 2.75) is 25.8 Å². The molecule has 1 aromatic rings. The van der Waals surface area contributed by atoms with Crippen LogP contribution >= 0.6 is 0 Å². The SMILES string of the molecule is Cc1cccc(OCCNC2CCOCC2)c1. The number of ether oxygens (including phenoxy) is 2. The first-order valence-corrected chi connectivity index (χ1v) is 6.35. The highest BCUT2D eigenvalue weighted by Gasteiger charge is 2.12. The molecule has 0 amide bonds. The molecule has 0 atom stereocenters. The lowest BCUT2D eigenvalue weighted by Crippen LogP contribution is -2.37. The van der Waals surface area contributed by atoms with Crippen molar-refractivity contribution in [3.8, 4) is 5.75 Å². The molecule has 1 aliphatic rings. The van der Waals surface area contributed by atoms with Crippen molar-refractivity contribution >= 4 is 0 Å². The van der Waals surface area contributed by atoms with Gasteiger partial charge in [-0.3, -0.25) is 0 Å². The first-order valence-electron chi connectivity index (χ1n) is 6.35. The van der Waals surface area contributed by atoms with Gasteiger partial charge >= 0.3 is 0 Å². The van der Waals surface area contributed by atoms with Crippen molar-refractivity contribution < 1.29 is 9.47 Å². The van der Waals surface area contributed by atoms with Crippen LogP contribution in [0.5, 0.6) is 5.75 Å². The molecule has 0 saturated carbocycles. The highest BCUT2D eigenvalue weighted by atomic mass is 16.5. The van der Waals surface area contributed by atoms with Gasteiger partial charge in [0, 0.05) is 25.8 Å². The maximum atomic E-state index is 5.68. The predicted octanol–water partition coefficient (Wildman–Crippen LogP) is 2.14. The van der Waals surface area contributed by atoms with Gasteiger partial charge in [-0.15, -0.1) is 0 Å². The number of benzene rings is 1. The van der Waals surface area contributed by atoms with Crippen molar-refractivity contribution in [2.75, 3.05) is 26.4 Å². The van der Waals surface area contributed by atoms with Gasteiger partial charge in [-0.1, -0.05) is 12.1 Å². The van der Waals surface area contributed by atoms with Gasteiger partial charge in [0.1, 0.15) is 12.4 Å². The van der Waals surface area contributed by atoms with Gasteiger partial charge in [-0.05, 0) is 37.5 Å². The van der Waals surface area contributed by atoms with Crippen LogP contribution in [-0.2, 0) is 4.74 Å². The Labute approximate surface area is 103 Å². The molecule has 0 radical (unpaired) electrons. The first-order chi connectivity index (χ1) is 8.34. The fourth-order valence-electron chi connectivity index (χ4n) is 2.04. The zero-order chi connectivity index (χ0) is 11.9. The van der Waals surface area contributed by atoms with Gasteiger partial charge in [-0.25, -0.2) is 0 Å². The Morgan fingerprint density at radius 2 is 2.18 bits per heavy atom. The second kappa shape index (κ2) is 6.62. The second-order valence-corrected chi connectivity index (χ2v) is 4.51. The summed E-state index contributed by atoms with van der Waals surface area (Å²) in [6.45, 7) is 5.47. The maximum Gasteiger partial charge on any atom is 0.119 e. The number of aryl methyl sites for hydroxylation is 1. The lowest BCUT2D eigenvalue weighted by Gasteiger charge is -2.23. The second-order valence-electron chi connectivity index (χ2n) is 4.51. The fraction of sp³-hybridized carbons (Fsp3) is 0.571. The Bertz CT molecular complexity index is 335. The summed E-state index contributed by atoms with van der Waals surface area (Å²) in [7, 11) is 0. The van der Waals surface area contributed by atoms with E-state index in [4.69, 9.17) is 9.47 Å². The molecule has 1 fully saturated rings. The molecule has 3 heteroatoms. The summed E-state index contributed by atoms with van der Waals surface area (Å²) in [5.74, 6) is 0.957. The molecule has 1 aliphatic heterocycles. The Balaban J connectivity index is 1.62. The molecule has 94 valence electrons. The quantitative estimate of drug-likeness (QED) is 0.793. The van der Waals surface area contributed by atoms with Gasteiger partial charge in [0.2, 0.25) is 0 Å². The molecule has 1 N–H and O–H groups in total. The molecular formula is C14H21NO2. The first kappa shape index (κ1) is 12.4. The zero-order valence-corrected chi connectivity index (χ0v) is 10.4. The van der Waals surface area contributed by atoms with E-state index in [1.807, 2.05) is 12.1 Å². The van der Waals surface area contributed by atoms with E-state index < -0.39 is 0 Å². The summed E-state index contributed by atoms with van der Waals surface area (Å²) in [6, 6.07) is 8.77. The minimum atomic E-state index is 0.602. The molecule has 17 heavy (non-hydrogen) atoms. The van der Waals surface area contributed by atoms with Crippen LogP contribution in [0.1, 0.15) is 18.4 Å². The van der Waals surface area contributed by atoms with Crippen LogP contribution in [0.3, 0.4) is 0 Å². The smallest absolute Gasteiger partial charge is 0.119 e. The van der Waals surface area contributed by atoms with E-state index in [0.717, 1.165) is 45.0 Å². The van der Waals surface area contributed by atoms with E-state index in [0.29, 0.717) is 6.04 Å². The van der Waals surface area contributed by atoms with Gasteiger partial charge in [0.25, 0.3) is 0 Å². The average Bonchev–Trinajstić information content (AvgIpc) is 2.36. The minimum absolute atomic E-state index is 0.602. The largest absolute Gasteiger partial charge is 0.492 e. The zero-order valence-electron chi connectivity index (χ0n) is 10.4. The number of hydrogen-bond acceptors (Lipinski definition) is 3.